The van der Waals surface area contributed by atoms with E-state index in [0.717, 1.165) is 36.3 Å². The fourth-order valence-electron chi connectivity index (χ4n) is 4.34. The van der Waals surface area contributed by atoms with Crippen LogP contribution in [0.25, 0.3) is 16.9 Å². The standard InChI is InChI=1S/C24H25BN6O2/c25-18-14-28-31-22(12-20(29-23(18)31)17-7-1-2-9-21(17)32)27-13-16-6-5-11-30(15-16)24(33)19-8-3-4-10-26-19/h1-4,7-10,12,14,16,27,32H,5-6,11,13,15,25H2. The number of aromatic hydroxyl groups is 1. The quantitative estimate of drug-likeness (QED) is 0.459. The Morgan fingerprint density at radius 3 is 2.88 bits per heavy atom. The average Bonchev–Trinajstić information content (AvgIpc) is 3.24. The molecule has 0 aliphatic carbocycles. The predicted octanol–water partition coefficient (Wildman–Crippen LogP) is 1.72. The van der Waals surface area contributed by atoms with Crippen molar-refractivity contribution >= 4 is 30.7 Å². The number of phenolic OH excluding ortho intramolecular Hbond substituents is 1. The van der Waals surface area contributed by atoms with Crippen molar-refractivity contribution in [3.63, 3.8) is 0 Å². The van der Waals surface area contributed by atoms with Crippen molar-refractivity contribution < 1.29 is 9.90 Å². The fraction of sp³-hybridized carbons (Fsp3) is 0.250. The van der Waals surface area contributed by atoms with Crippen LogP contribution in [0, 0.1) is 5.92 Å². The zero-order chi connectivity index (χ0) is 22.8. The Hall–Kier alpha value is -3.88. The average molecular weight is 440 g/mol. The molecule has 4 aromatic rings. The molecule has 1 saturated heterocycles. The lowest BCUT2D eigenvalue weighted by atomic mass is 9.97. The van der Waals surface area contributed by atoms with E-state index >= 15 is 0 Å². The van der Waals surface area contributed by atoms with E-state index in [1.807, 2.05) is 43.1 Å². The van der Waals surface area contributed by atoms with E-state index in [2.05, 4.69) is 15.4 Å². The van der Waals surface area contributed by atoms with E-state index in [9.17, 15) is 9.90 Å². The number of carbonyl (C=O) groups is 1. The molecule has 1 atom stereocenters. The summed E-state index contributed by atoms with van der Waals surface area (Å²) in [6, 6.07) is 14.5. The van der Waals surface area contributed by atoms with Crippen LogP contribution in [0.4, 0.5) is 5.82 Å². The van der Waals surface area contributed by atoms with Gasteiger partial charge in [0.05, 0.1) is 5.69 Å². The van der Waals surface area contributed by atoms with Gasteiger partial charge < -0.3 is 15.3 Å². The Labute approximate surface area is 192 Å². The third-order valence-corrected chi connectivity index (χ3v) is 6.09. The number of hydrogen-bond donors (Lipinski definition) is 2. The molecule has 166 valence electrons. The van der Waals surface area contributed by atoms with Crippen molar-refractivity contribution in [1.29, 1.82) is 0 Å². The molecule has 1 aromatic carbocycles. The van der Waals surface area contributed by atoms with Crippen LogP contribution < -0.4 is 10.8 Å². The second kappa shape index (κ2) is 8.93. The minimum Gasteiger partial charge on any atom is -0.507 e. The van der Waals surface area contributed by atoms with Crippen LogP contribution in [0.2, 0.25) is 0 Å². The number of phenols is 1. The smallest absolute Gasteiger partial charge is 0.272 e. The van der Waals surface area contributed by atoms with Gasteiger partial charge in [-0.15, -0.1) is 0 Å². The number of nitrogens with zero attached hydrogens (tertiary/aromatic N) is 5. The normalized spacial score (nSPS) is 16.1. The SMILES string of the molecule is Bc1cnn2c(NCC3CCCN(C(=O)c4ccccn4)C3)cc(-c3ccccc3O)nc12. The maximum Gasteiger partial charge on any atom is 0.272 e. The number of piperidine rings is 1. The molecule has 4 heterocycles. The minimum atomic E-state index is -0.0175. The Morgan fingerprint density at radius 2 is 2.06 bits per heavy atom. The fourth-order valence-corrected chi connectivity index (χ4v) is 4.34. The van der Waals surface area contributed by atoms with Gasteiger partial charge in [-0.05, 0) is 48.5 Å². The number of likely N-dealkylation sites (tertiary alicyclic amines) is 1. The summed E-state index contributed by atoms with van der Waals surface area (Å²) in [5.74, 6) is 1.28. The number of para-hydroxylation sites is 1. The Kier molecular flexibility index (Phi) is 5.68. The summed E-state index contributed by atoms with van der Waals surface area (Å²) >= 11 is 0. The Morgan fingerprint density at radius 1 is 1.21 bits per heavy atom. The third kappa shape index (κ3) is 4.26. The zero-order valence-corrected chi connectivity index (χ0v) is 18.5. The second-order valence-corrected chi connectivity index (χ2v) is 8.46. The van der Waals surface area contributed by atoms with Gasteiger partial charge >= 0.3 is 0 Å². The van der Waals surface area contributed by atoms with Crippen molar-refractivity contribution in [1.82, 2.24) is 24.5 Å². The first-order chi connectivity index (χ1) is 16.1. The highest BCUT2D eigenvalue weighted by molar-refractivity contribution is 6.36. The van der Waals surface area contributed by atoms with E-state index in [4.69, 9.17) is 4.98 Å². The summed E-state index contributed by atoms with van der Waals surface area (Å²) in [5, 5.41) is 18.3. The molecule has 1 aliphatic rings. The van der Waals surface area contributed by atoms with Gasteiger partial charge in [-0.1, -0.05) is 18.2 Å². The summed E-state index contributed by atoms with van der Waals surface area (Å²) in [6.45, 7) is 2.13. The lowest BCUT2D eigenvalue weighted by Gasteiger charge is -2.32. The number of rotatable bonds is 5. The molecule has 5 rings (SSSR count). The molecule has 3 aromatic heterocycles. The summed E-state index contributed by atoms with van der Waals surface area (Å²) in [5.41, 5.74) is 3.55. The van der Waals surface area contributed by atoms with Crippen LogP contribution in [0.3, 0.4) is 0 Å². The Bertz CT molecular complexity index is 1290. The van der Waals surface area contributed by atoms with Crippen molar-refractivity contribution in [3.05, 3.63) is 66.6 Å². The van der Waals surface area contributed by atoms with Gasteiger partial charge in [-0.2, -0.15) is 9.61 Å². The number of aromatic nitrogens is 4. The summed E-state index contributed by atoms with van der Waals surface area (Å²) in [7, 11) is 1.97. The van der Waals surface area contributed by atoms with Crippen molar-refractivity contribution in [2.24, 2.45) is 5.92 Å². The number of amides is 1. The maximum atomic E-state index is 12.8. The third-order valence-electron chi connectivity index (χ3n) is 6.09. The molecule has 33 heavy (non-hydrogen) atoms. The number of benzene rings is 1. The van der Waals surface area contributed by atoms with E-state index in [-0.39, 0.29) is 11.7 Å². The second-order valence-electron chi connectivity index (χ2n) is 8.46. The predicted molar refractivity (Wildman–Crippen MR) is 130 cm³/mol. The Balaban J connectivity index is 1.36. The highest BCUT2D eigenvalue weighted by Crippen LogP contribution is 2.29. The number of pyridine rings is 1. The minimum absolute atomic E-state index is 0.0175. The maximum absolute atomic E-state index is 12.8. The van der Waals surface area contributed by atoms with Crippen molar-refractivity contribution in [2.45, 2.75) is 12.8 Å². The van der Waals surface area contributed by atoms with Gasteiger partial charge in [-0.25, -0.2) is 4.98 Å². The van der Waals surface area contributed by atoms with Crippen LogP contribution in [0.1, 0.15) is 23.3 Å². The highest BCUT2D eigenvalue weighted by atomic mass is 16.3. The first kappa shape index (κ1) is 21.0. The molecule has 0 spiro atoms. The number of anilines is 1. The number of hydrogen-bond acceptors (Lipinski definition) is 6. The van der Waals surface area contributed by atoms with Crippen LogP contribution in [-0.2, 0) is 0 Å². The van der Waals surface area contributed by atoms with E-state index in [1.165, 1.54) is 0 Å². The van der Waals surface area contributed by atoms with E-state index in [1.54, 1.807) is 35.1 Å². The number of nitrogens with one attached hydrogen (secondary N) is 1. The molecule has 0 bridgehead atoms. The molecular weight excluding hydrogens is 415 g/mol. The lowest BCUT2D eigenvalue weighted by molar-refractivity contribution is 0.0674. The van der Waals surface area contributed by atoms with Gasteiger partial charge in [0.1, 0.15) is 25.1 Å². The molecule has 0 saturated carbocycles. The van der Waals surface area contributed by atoms with Crippen molar-refractivity contribution in [2.75, 3.05) is 25.0 Å². The van der Waals surface area contributed by atoms with E-state index < -0.39 is 0 Å². The van der Waals surface area contributed by atoms with E-state index in [0.29, 0.717) is 36.0 Å². The molecular formula is C24H25BN6O2. The summed E-state index contributed by atoms with van der Waals surface area (Å²) < 4.78 is 1.79. The van der Waals surface area contributed by atoms with Crippen LogP contribution >= 0.6 is 0 Å². The summed E-state index contributed by atoms with van der Waals surface area (Å²) in [4.78, 5) is 23.7. The van der Waals surface area contributed by atoms with Gasteiger partial charge in [0, 0.05) is 43.7 Å². The van der Waals surface area contributed by atoms with Gasteiger partial charge in [0.2, 0.25) is 0 Å². The topological polar surface area (TPSA) is 95.7 Å². The molecule has 1 amide bonds. The molecule has 8 nitrogen and oxygen atoms in total. The summed E-state index contributed by atoms with van der Waals surface area (Å²) in [6.07, 6.45) is 5.44. The highest BCUT2D eigenvalue weighted by Gasteiger charge is 2.25. The number of fused-ring (bicyclic) bond motifs is 1. The molecule has 1 fully saturated rings. The molecule has 1 unspecified atom stereocenters. The molecule has 2 N–H and O–H groups in total. The zero-order valence-electron chi connectivity index (χ0n) is 18.5. The van der Waals surface area contributed by atoms with Crippen LogP contribution in [0.15, 0.2) is 60.9 Å². The molecule has 1 aliphatic heterocycles. The van der Waals surface area contributed by atoms with Gasteiger partial charge in [0.15, 0.2) is 5.65 Å². The van der Waals surface area contributed by atoms with Gasteiger partial charge in [0.25, 0.3) is 5.91 Å². The largest absolute Gasteiger partial charge is 0.507 e. The number of carbonyl (C=O) groups excluding carboxylic acids is 1. The first-order valence-corrected chi connectivity index (χ1v) is 11.2. The monoisotopic (exact) mass is 440 g/mol. The first-order valence-electron chi connectivity index (χ1n) is 11.2. The molecule has 9 heteroatoms. The van der Waals surface area contributed by atoms with Crippen LogP contribution in [0.5, 0.6) is 5.75 Å². The van der Waals surface area contributed by atoms with Crippen molar-refractivity contribution in [3.8, 4) is 17.0 Å². The lowest BCUT2D eigenvalue weighted by Crippen LogP contribution is -2.42. The van der Waals surface area contributed by atoms with Crippen LogP contribution in [-0.4, -0.2) is 63.0 Å². The van der Waals surface area contributed by atoms with Gasteiger partial charge in [-0.3, -0.25) is 9.78 Å². The molecule has 0 radical (unpaired) electrons.